The van der Waals surface area contributed by atoms with Gasteiger partial charge in [-0.05, 0) is 12.8 Å². The first-order valence-electron chi connectivity index (χ1n) is 4.06. The normalized spacial score (nSPS) is 16.3. The Morgan fingerprint density at radius 2 is 2.50 bits per heavy atom. The van der Waals surface area contributed by atoms with Gasteiger partial charge in [-0.25, -0.2) is 4.98 Å². The zero-order valence-corrected chi connectivity index (χ0v) is 7.55. The van der Waals surface area contributed by atoms with Crippen LogP contribution in [0.3, 0.4) is 0 Å². The highest BCUT2D eigenvalue weighted by Crippen LogP contribution is 2.34. The molecule has 0 bridgehead atoms. The van der Waals surface area contributed by atoms with E-state index in [9.17, 15) is 0 Å². The number of hydrogen-bond donors (Lipinski definition) is 1. The number of hydrogen-bond acceptors (Lipinski definition) is 2. The Hall–Kier alpha value is -0.900. The number of thiocarbonyl (C=S) groups is 1. The first-order chi connectivity index (χ1) is 5.75. The van der Waals surface area contributed by atoms with Crippen molar-refractivity contribution in [3.63, 3.8) is 0 Å². The molecule has 1 saturated carbocycles. The molecule has 64 valence electrons. The predicted molar refractivity (Wildman–Crippen MR) is 51.0 cm³/mol. The third-order valence-corrected chi connectivity index (χ3v) is 2.12. The molecule has 0 aromatic carbocycles. The predicted octanol–water partition coefficient (Wildman–Crippen LogP) is 1.05. The number of nitrogens with zero attached hydrogens (tertiary/aromatic N) is 2. The van der Waals surface area contributed by atoms with Crippen LogP contribution in [0.1, 0.15) is 24.6 Å². The molecule has 2 rings (SSSR count). The van der Waals surface area contributed by atoms with Crippen LogP contribution < -0.4 is 5.73 Å². The third kappa shape index (κ3) is 1.64. The van der Waals surface area contributed by atoms with Gasteiger partial charge >= 0.3 is 0 Å². The van der Waals surface area contributed by atoms with Crippen molar-refractivity contribution >= 4 is 17.2 Å². The maximum absolute atomic E-state index is 5.41. The topological polar surface area (TPSA) is 43.8 Å². The van der Waals surface area contributed by atoms with Gasteiger partial charge in [-0.3, -0.25) is 0 Å². The summed E-state index contributed by atoms with van der Waals surface area (Å²) < 4.78 is 2.15. The highest BCUT2D eigenvalue weighted by Gasteiger charge is 2.23. The van der Waals surface area contributed by atoms with Crippen molar-refractivity contribution in [2.45, 2.75) is 25.3 Å². The van der Waals surface area contributed by atoms with E-state index in [-0.39, 0.29) is 0 Å². The first-order valence-corrected chi connectivity index (χ1v) is 4.47. The second kappa shape index (κ2) is 2.86. The fraction of sp³-hybridized carbons (Fsp3) is 0.500. The van der Waals surface area contributed by atoms with Crippen LogP contribution in [0.25, 0.3) is 0 Å². The molecule has 0 unspecified atom stereocenters. The molecule has 0 spiro atoms. The summed E-state index contributed by atoms with van der Waals surface area (Å²) in [7, 11) is 0. The lowest BCUT2D eigenvalue weighted by Gasteiger charge is -1.94. The van der Waals surface area contributed by atoms with Gasteiger partial charge in [0.15, 0.2) is 0 Å². The van der Waals surface area contributed by atoms with Gasteiger partial charge in [0.05, 0.1) is 17.0 Å². The summed E-state index contributed by atoms with van der Waals surface area (Å²) in [5, 5.41) is 0. The lowest BCUT2D eigenvalue weighted by molar-refractivity contribution is 0.740. The van der Waals surface area contributed by atoms with Gasteiger partial charge in [-0.15, -0.1) is 0 Å². The van der Waals surface area contributed by atoms with Crippen LogP contribution >= 0.6 is 12.2 Å². The van der Waals surface area contributed by atoms with E-state index in [4.69, 9.17) is 18.0 Å². The number of imidazole rings is 1. The molecule has 1 aliphatic rings. The maximum Gasteiger partial charge on any atom is 0.0952 e. The number of aromatic nitrogens is 2. The summed E-state index contributed by atoms with van der Waals surface area (Å²) in [6.45, 7) is 0. The highest BCUT2D eigenvalue weighted by atomic mass is 32.1. The van der Waals surface area contributed by atoms with Crippen LogP contribution in [-0.4, -0.2) is 14.5 Å². The molecule has 1 fully saturated rings. The molecule has 2 N–H and O–H groups in total. The van der Waals surface area contributed by atoms with E-state index < -0.39 is 0 Å². The number of rotatable bonds is 3. The van der Waals surface area contributed by atoms with Gasteiger partial charge in [0, 0.05) is 18.7 Å². The Kier molecular flexibility index (Phi) is 1.84. The molecular weight excluding hydrogens is 170 g/mol. The minimum atomic E-state index is 0.510. The quantitative estimate of drug-likeness (QED) is 0.709. The van der Waals surface area contributed by atoms with E-state index in [2.05, 4.69) is 9.55 Å². The van der Waals surface area contributed by atoms with Gasteiger partial charge in [0.1, 0.15) is 0 Å². The molecule has 12 heavy (non-hydrogen) atoms. The molecule has 1 heterocycles. The Bertz CT molecular complexity index is 301. The summed E-state index contributed by atoms with van der Waals surface area (Å²) >= 11 is 4.80. The van der Waals surface area contributed by atoms with Crippen LogP contribution in [0.5, 0.6) is 0 Å². The lowest BCUT2D eigenvalue weighted by atomic mass is 10.3. The zero-order chi connectivity index (χ0) is 8.55. The van der Waals surface area contributed by atoms with Crippen LogP contribution in [0.4, 0.5) is 0 Å². The fourth-order valence-corrected chi connectivity index (χ4v) is 1.37. The van der Waals surface area contributed by atoms with Crippen molar-refractivity contribution in [3.8, 4) is 0 Å². The van der Waals surface area contributed by atoms with Gasteiger partial charge in [0.2, 0.25) is 0 Å². The van der Waals surface area contributed by atoms with Crippen LogP contribution in [-0.2, 0) is 6.42 Å². The van der Waals surface area contributed by atoms with Gasteiger partial charge < -0.3 is 10.3 Å². The van der Waals surface area contributed by atoms with E-state index in [1.165, 1.54) is 12.8 Å². The van der Waals surface area contributed by atoms with Crippen molar-refractivity contribution < 1.29 is 0 Å². The SMILES string of the molecule is NC(=S)Cc1cn(C2CC2)cn1. The summed E-state index contributed by atoms with van der Waals surface area (Å²) in [4.78, 5) is 4.72. The van der Waals surface area contributed by atoms with Crippen molar-refractivity contribution in [1.82, 2.24) is 9.55 Å². The van der Waals surface area contributed by atoms with Crippen LogP contribution in [0.2, 0.25) is 0 Å². The Labute approximate surface area is 76.6 Å². The minimum Gasteiger partial charge on any atom is -0.393 e. The zero-order valence-electron chi connectivity index (χ0n) is 6.73. The van der Waals surface area contributed by atoms with Crippen LogP contribution in [0, 0.1) is 0 Å². The van der Waals surface area contributed by atoms with Gasteiger partial charge in [0.25, 0.3) is 0 Å². The third-order valence-electron chi connectivity index (χ3n) is 1.98. The van der Waals surface area contributed by atoms with Gasteiger partial charge in [-0.2, -0.15) is 0 Å². The van der Waals surface area contributed by atoms with E-state index in [0.717, 1.165) is 5.69 Å². The molecule has 0 aliphatic heterocycles. The van der Waals surface area contributed by atoms with E-state index >= 15 is 0 Å². The Morgan fingerprint density at radius 1 is 1.75 bits per heavy atom. The van der Waals surface area contributed by atoms with Gasteiger partial charge in [-0.1, -0.05) is 12.2 Å². The number of nitrogens with two attached hydrogens (primary N) is 1. The largest absolute Gasteiger partial charge is 0.393 e. The standard InChI is InChI=1S/C8H11N3S/c9-8(12)3-6-4-11(5-10-6)7-1-2-7/h4-5,7H,1-3H2,(H2,9,12). The molecule has 1 aromatic rings. The molecule has 0 atom stereocenters. The minimum absolute atomic E-state index is 0.510. The molecule has 3 nitrogen and oxygen atoms in total. The molecular formula is C8H11N3S. The average Bonchev–Trinajstić information content (AvgIpc) is 2.73. The summed E-state index contributed by atoms with van der Waals surface area (Å²) in [5.74, 6) is 0. The highest BCUT2D eigenvalue weighted by molar-refractivity contribution is 7.80. The molecule has 0 saturated heterocycles. The smallest absolute Gasteiger partial charge is 0.0952 e. The van der Waals surface area contributed by atoms with Crippen molar-refractivity contribution in [2.75, 3.05) is 0 Å². The Morgan fingerprint density at radius 3 is 3.08 bits per heavy atom. The summed E-state index contributed by atoms with van der Waals surface area (Å²) in [6.07, 6.45) is 7.09. The lowest BCUT2D eigenvalue weighted by Crippen LogP contribution is -2.11. The molecule has 4 heteroatoms. The molecule has 0 radical (unpaired) electrons. The average molecular weight is 181 g/mol. The Balaban J connectivity index is 2.07. The van der Waals surface area contributed by atoms with Crippen molar-refractivity contribution in [3.05, 3.63) is 18.2 Å². The van der Waals surface area contributed by atoms with E-state index in [0.29, 0.717) is 17.5 Å². The van der Waals surface area contributed by atoms with Crippen molar-refractivity contribution in [1.29, 1.82) is 0 Å². The second-order valence-corrected chi connectivity index (χ2v) is 3.71. The summed E-state index contributed by atoms with van der Waals surface area (Å²) in [6, 6.07) is 0.692. The summed E-state index contributed by atoms with van der Waals surface area (Å²) in [5.41, 5.74) is 6.39. The molecule has 0 amide bonds. The van der Waals surface area contributed by atoms with Crippen LogP contribution in [0.15, 0.2) is 12.5 Å². The van der Waals surface area contributed by atoms with Crippen molar-refractivity contribution in [2.24, 2.45) is 5.73 Å². The monoisotopic (exact) mass is 181 g/mol. The molecule has 1 aromatic heterocycles. The van der Waals surface area contributed by atoms with E-state index in [1.807, 2.05) is 12.5 Å². The maximum atomic E-state index is 5.41. The fourth-order valence-electron chi connectivity index (χ4n) is 1.22. The molecule has 1 aliphatic carbocycles. The van der Waals surface area contributed by atoms with E-state index in [1.54, 1.807) is 0 Å². The second-order valence-electron chi connectivity index (χ2n) is 3.19. The first kappa shape index (κ1) is 7.73.